The second-order valence-corrected chi connectivity index (χ2v) is 7.49. The highest BCUT2D eigenvalue weighted by Gasteiger charge is 2.32. The van der Waals surface area contributed by atoms with Crippen molar-refractivity contribution >= 4 is 21.7 Å². The molecule has 0 bridgehead atoms. The Morgan fingerprint density at radius 3 is 2.39 bits per heavy atom. The van der Waals surface area contributed by atoms with Gasteiger partial charge in [-0.05, 0) is 17.7 Å². The maximum atomic E-state index is 12.4. The molecule has 0 amide bonds. The molecule has 11 heteroatoms. The van der Waals surface area contributed by atoms with Crippen molar-refractivity contribution in [2.75, 3.05) is 17.6 Å². The molecular weight excluding hydrogens is 397 g/mol. The SMILES string of the molecule is NC(=NCCS(=O)(=O)NCc1ccccc1)Nc1ccccc1OC(F)(F)F. The van der Waals surface area contributed by atoms with Crippen LogP contribution in [0.3, 0.4) is 0 Å². The summed E-state index contributed by atoms with van der Waals surface area (Å²) in [6.07, 6.45) is -4.86. The molecule has 2 rings (SSSR count). The van der Waals surface area contributed by atoms with Crippen LogP contribution in [0, 0.1) is 0 Å². The van der Waals surface area contributed by atoms with Gasteiger partial charge in [0.1, 0.15) is 0 Å². The van der Waals surface area contributed by atoms with E-state index in [0.717, 1.165) is 11.6 Å². The number of guanidine groups is 1. The van der Waals surface area contributed by atoms with E-state index < -0.39 is 22.1 Å². The number of hydrogen-bond donors (Lipinski definition) is 3. The van der Waals surface area contributed by atoms with Gasteiger partial charge in [0, 0.05) is 6.54 Å². The van der Waals surface area contributed by atoms with E-state index in [1.54, 1.807) is 24.3 Å². The largest absolute Gasteiger partial charge is 0.573 e. The quantitative estimate of drug-likeness (QED) is 0.453. The highest BCUT2D eigenvalue weighted by Crippen LogP contribution is 2.29. The standard InChI is InChI=1S/C17H19F3N4O3S/c18-17(19,20)27-15-9-5-4-8-14(15)24-16(21)22-10-11-28(25,26)23-12-13-6-2-1-3-7-13/h1-9,23H,10-12H2,(H3,21,22,24). The van der Waals surface area contributed by atoms with Gasteiger partial charge in [0.25, 0.3) is 0 Å². The molecule has 28 heavy (non-hydrogen) atoms. The van der Waals surface area contributed by atoms with Crippen LogP contribution >= 0.6 is 0 Å². The fraction of sp³-hybridized carbons (Fsp3) is 0.235. The molecule has 4 N–H and O–H groups in total. The van der Waals surface area contributed by atoms with Crippen molar-refractivity contribution in [3.63, 3.8) is 0 Å². The number of aliphatic imine (C=N–C) groups is 1. The van der Waals surface area contributed by atoms with Crippen LogP contribution in [0.4, 0.5) is 18.9 Å². The van der Waals surface area contributed by atoms with E-state index in [1.165, 1.54) is 18.2 Å². The summed E-state index contributed by atoms with van der Waals surface area (Å²) >= 11 is 0. The van der Waals surface area contributed by atoms with Crippen LogP contribution in [0.1, 0.15) is 5.56 Å². The molecular formula is C17H19F3N4O3S. The number of anilines is 1. The molecule has 0 spiro atoms. The first-order chi connectivity index (χ1) is 13.1. The van der Waals surface area contributed by atoms with E-state index in [1.807, 2.05) is 6.07 Å². The summed E-state index contributed by atoms with van der Waals surface area (Å²) < 4.78 is 67.5. The lowest BCUT2D eigenvalue weighted by atomic mass is 10.2. The second-order valence-electron chi connectivity index (χ2n) is 5.56. The number of rotatable bonds is 8. The Morgan fingerprint density at radius 2 is 1.71 bits per heavy atom. The monoisotopic (exact) mass is 416 g/mol. The van der Waals surface area contributed by atoms with Crippen molar-refractivity contribution in [1.29, 1.82) is 0 Å². The van der Waals surface area contributed by atoms with Crippen molar-refractivity contribution in [2.45, 2.75) is 12.9 Å². The zero-order valence-electron chi connectivity index (χ0n) is 14.6. The van der Waals surface area contributed by atoms with Crippen molar-refractivity contribution < 1.29 is 26.3 Å². The third-order valence-corrected chi connectivity index (χ3v) is 4.66. The smallest absolute Gasteiger partial charge is 0.404 e. The number of nitrogens with two attached hydrogens (primary N) is 1. The summed E-state index contributed by atoms with van der Waals surface area (Å²) in [7, 11) is -3.59. The number of hydrogen-bond acceptors (Lipinski definition) is 4. The molecule has 152 valence electrons. The van der Waals surface area contributed by atoms with Gasteiger partial charge in [0.2, 0.25) is 10.0 Å². The van der Waals surface area contributed by atoms with Gasteiger partial charge in [-0.2, -0.15) is 0 Å². The van der Waals surface area contributed by atoms with E-state index in [-0.39, 0.29) is 30.5 Å². The van der Waals surface area contributed by atoms with Gasteiger partial charge >= 0.3 is 6.36 Å². The van der Waals surface area contributed by atoms with Crippen molar-refractivity contribution in [1.82, 2.24) is 4.72 Å². The molecule has 2 aromatic rings. The van der Waals surface area contributed by atoms with Gasteiger partial charge in [-0.25, -0.2) is 13.1 Å². The Labute approximate surface area is 160 Å². The second kappa shape index (κ2) is 9.42. The molecule has 0 saturated carbocycles. The number of nitrogens with one attached hydrogen (secondary N) is 2. The normalized spacial score (nSPS) is 12.6. The van der Waals surface area contributed by atoms with Gasteiger partial charge in [-0.15, -0.1) is 13.2 Å². The van der Waals surface area contributed by atoms with Crippen molar-refractivity contribution in [3.05, 3.63) is 60.2 Å². The molecule has 0 atom stereocenters. The van der Waals surface area contributed by atoms with Gasteiger partial charge in [0.05, 0.1) is 18.0 Å². The molecule has 0 aliphatic heterocycles. The molecule has 0 fully saturated rings. The minimum atomic E-state index is -4.86. The minimum Gasteiger partial charge on any atom is -0.404 e. The van der Waals surface area contributed by atoms with E-state index in [4.69, 9.17) is 5.73 Å². The summed E-state index contributed by atoms with van der Waals surface area (Å²) in [6, 6.07) is 14.2. The van der Waals surface area contributed by atoms with Crippen molar-refractivity contribution in [3.8, 4) is 5.75 Å². The zero-order valence-corrected chi connectivity index (χ0v) is 15.4. The molecule has 0 unspecified atom stereocenters. The zero-order chi connectivity index (χ0) is 20.6. The molecule has 0 radical (unpaired) electrons. The lowest BCUT2D eigenvalue weighted by Crippen LogP contribution is -2.29. The van der Waals surface area contributed by atoms with Crippen LogP contribution in [-0.4, -0.2) is 33.0 Å². The first-order valence-electron chi connectivity index (χ1n) is 8.07. The first kappa shape index (κ1) is 21.5. The highest BCUT2D eigenvalue weighted by molar-refractivity contribution is 7.89. The predicted molar refractivity (Wildman–Crippen MR) is 100 cm³/mol. The molecule has 0 aliphatic rings. The Morgan fingerprint density at radius 1 is 1.07 bits per heavy atom. The summed E-state index contributed by atoms with van der Waals surface area (Å²) in [5.74, 6) is -1.05. The maximum absolute atomic E-state index is 12.4. The van der Waals surface area contributed by atoms with Crippen LogP contribution in [-0.2, 0) is 16.6 Å². The third-order valence-electron chi connectivity index (χ3n) is 3.36. The number of nitrogens with zero attached hydrogens (tertiary/aromatic N) is 1. The van der Waals surface area contributed by atoms with Crippen LogP contribution < -0.4 is 20.5 Å². The summed E-state index contributed by atoms with van der Waals surface area (Å²) in [5.41, 5.74) is 6.37. The first-order valence-corrected chi connectivity index (χ1v) is 9.73. The van der Waals surface area contributed by atoms with E-state index in [2.05, 4.69) is 19.8 Å². The van der Waals surface area contributed by atoms with Gasteiger partial charge in [0.15, 0.2) is 11.7 Å². The van der Waals surface area contributed by atoms with E-state index in [9.17, 15) is 21.6 Å². The van der Waals surface area contributed by atoms with E-state index >= 15 is 0 Å². The Balaban J connectivity index is 1.89. The Kier molecular flexibility index (Phi) is 7.24. The highest BCUT2D eigenvalue weighted by atomic mass is 32.2. The van der Waals surface area contributed by atoms with Crippen molar-refractivity contribution in [2.24, 2.45) is 10.7 Å². The molecule has 0 aromatic heterocycles. The van der Waals surface area contributed by atoms with Crippen LogP contribution in [0.15, 0.2) is 59.6 Å². The molecule has 2 aromatic carbocycles. The number of ether oxygens (including phenoxy) is 1. The molecule has 7 nitrogen and oxygen atoms in total. The number of benzene rings is 2. The number of alkyl halides is 3. The van der Waals surface area contributed by atoms with Gasteiger partial charge in [-0.3, -0.25) is 4.99 Å². The summed E-state index contributed by atoms with van der Waals surface area (Å²) in [6.45, 7) is -0.0337. The van der Waals surface area contributed by atoms with Crippen LogP contribution in [0.25, 0.3) is 0 Å². The average Bonchev–Trinajstić information content (AvgIpc) is 2.61. The average molecular weight is 416 g/mol. The van der Waals surface area contributed by atoms with Gasteiger partial charge in [-0.1, -0.05) is 42.5 Å². The maximum Gasteiger partial charge on any atom is 0.573 e. The lowest BCUT2D eigenvalue weighted by molar-refractivity contribution is -0.274. The fourth-order valence-electron chi connectivity index (χ4n) is 2.11. The van der Waals surface area contributed by atoms with Gasteiger partial charge < -0.3 is 15.8 Å². The minimum absolute atomic E-state index is 0.0499. The predicted octanol–water partition coefficient (Wildman–Crippen LogP) is 2.43. The number of halogens is 3. The number of para-hydroxylation sites is 2. The topological polar surface area (TPSA) is 106 Å². The third kappa shape index (κ3) is 7.84. The van der Waals surface area contributed by atoms with E-state index in [0.29, 0.717) is 0 Å². The Hall–Kier alpha value is -2.79. The molecule has 0 heterocycles. The Bertz CT molecular complexity index is 903. The van der Waals surface area contributed by atoms with Crippen LogP contribution in [0.2, 0.25) is 0 Å². The lowest BCUT2D eigenvalue weighted by Gasteiger charge is -2.14. The summed E-state index contributed by atoms with van der Waals surface area (Å²) in [4.78, 5) is 3.82. The molecule has 0 aliphatic carbocycles. The fourth-order valence-corrected chi connectivity index (χ4v) is 2.97. The van der Waals surface area contributed by atoms with Crippen LogP contribution in [0.5, 0.6) is 5.75 Å². The summed E-state index contributed by atoms with van der Waals surface area (Å²) in [5, 5.41) is 2.46. The molecule has 0 saturated heterocycles. The number of sulfonamides is 1.